The van der Waals surface area contributed by atoms with Gasteiger partial charge in [0.2, 0.25) is 0 Å². The molecule has 0 spiro atoms. The maximum absolute atomic E-state index is 11.9. The first-order chi connectivity index (χ1) is 14.4. The summed E-state index contributed by atoms with van der Waals surface area (Å²) in [6.07, 6.45) is -0.249. The lowest BCUT2D eigenvalue weighted by Crippen LogP contribution is -2.54. The predicted molar refractivity (Wildman–Crippen MR) is 133 cm³/mol. The lowest BCUT2D eigenvalue weighted by atomic mass is 10.1. The topological polar surface area (TPSA) is 78.9 Å². The third kappa shape index (κ3) is 7.30. The van der Waals surface area contributed by atoms with E-state index in [0.717, 1.165) is 11.5 Å². The van der Waals surface area contributed by atoms with Crippen LogP contribution in [0, 0.1) is 0 Å². The summed E-state index contributed by atoms with van der Waals surface area (Å²) >= 11 is 0. The van der Waals surface area contributed by atoms with Gasteiger partial charge < -0.3 is 34.2 Å². The number of likely N-dealkylation sites (N-methyl/N-ethyl adjacent to an activating group) is 1. The molecule has 1 saturated heterocycles. The highest BCUT2D eigenvalue weighted by atomic mass is 127. The third-order valence-electron chi connectivity index (χ3n) is 5.19. The highest BCUT2D eigenvalue weighted by molar-refractivity contribution is 14.0. The van der Waals surface area contributed by atoms with Gasteiger partial charge in [-0.15, -0.1) is 24.0 Å². The molecule has 176 valence electrons. The smallest absolute Gasteiger partial charge is 0.409 e. The van der Waals surface area contributed by atoms with E-state index in [9.17, 15) is 4.79 Å². The molecule has 9 nitrogen and oxygen atoms in total. The van der Waals surface area contributed by atoms with Gasteiger partial charge in [0, 0.05) is 39.8 Å². The van der Waals surface area contributed by atoms with Gasteiger partial charge in [0.15, 0.2) is 17.5 Å². The summed E-state index contributed by atoms with van der Waals surface area (Å²) in [4.78, 5) is 22.4. The zero-order chi connectivity index (χ0) is 22.1. The standard InChI is InChI=1S/C21H35N5O4.HI/c1-7-30-21(27)26-12-10-25(11-13-26)20(22-2)23-15-17(24(3)4)16-8-9-18(28-5)19(14-16)29-6;/h8-9,14,17H,7,10-13,15H2,1-6H3,(H,22,23);1H. The maximum atomic E-state index is 11.9. The molecule has 0 radical (unpaired) electrons. The highest BCUT2D eigenvalue weighted by Crippen LogP contribution is 2.31. The van der Waals surface area contributed by atoms with Gasteiger partial charge in [-0.3, -0.25) is 4.99 Å². The maximum Gasteiger partial charge on any atom is 0.409 e. The van der Waals surface area contributed by atoms with E-state index in [1.54, 1.807) is 26.2 Å². The van der Waals surface area contributed by atoms with Crippen LogP contribution in [-0.4, -0.2) is 101 Å². The fourth-order valence-electron chi connectivity index (χ4n) is 3.49. The number of guanidine groups is 1. The van der Waals surface area contributed by atoms with Crippen LogP contribution in [0.4, 0.5) is 4.79 Å². The Hall–Kier alpha value is -1.95. The van der Waals surface area contributed by atoms with Gasteiger partial charge >= 0.3 is 6.09 Å². The molecular formula is C21H36IN5O4. The van der Waals surface area contributed by atoms with Crippen LogP contribution in [0.25, 0.3) is 0 Å². The number of carbonyl (C=O) groups excluding carboxylic acids is 1. The lowest BCUT2D eigenvalue weighted by molar-refractivity contribution is 0.0914. The van der Waals surface area contributed by atoms with E-state index in [4.69, 9.17) is 14.2 Å². The molecule has 31 heavy (non-hydrogen) atoms. The Balaban J connectivity index is 0.00000480. The molecule has 0 aliphatic carbocycles. The summed E-state index contributed by atoms with van der Waals surface area (Å²) in [7, 11) is 9.14. The van der Waals surface area contributed by atoms with Crippen LogP contribution in [0.2, 0.25) is 0 Å². The van der Waals surface area contributed by atoms with Crippen LogP contribution in [0.15, 0.2) is 23.2 Å². The van der Waals surface area contributed by atoms with Crippen molar-refractivity contribution in [1.82, 2.24) is 20.0 Å². The van der Waals surface area contributed by atoms with Crippen molar-refractivity contribution >= 4 is 36.0 Å². The van der Waals surface area contributed by atoms with Crippen molar-refractivity contribution < 1.29 is 19.0 Å². The van der Waals surface area contributed by atoms with Crippen LogP contribution < -0.4 is 14.8 Å². The molecule has 0 bridgehead atoms. The first-order valence-electron chi connectivity index (χ1n) is 10.2. The molecule has 10 heteroatoms. The first kappa shape index (κ1) is 27.1. The summed E-state index contributed by atoms with van der Waals surface area (Å²) in [6, 6.07) is 6.09. The summed E-state index contributed by atoms with van der Waals surface area (Å²) < 4.78 is 15.9. The predicted octanol–water partition coefficient (Wildman–Crippen LogP) is 2.27. The summed E-state index contributed by atoms with van der Waals surface area (Å²) in [6.45, 7) is 5.54. The minimum absolute atomic E-state index is 0. The normalized spacial score (nSPS) is 15.3. The third-order valence-corrected chi connectivity index (χ3v) is 5.19. The van der Waals surface area contributed by atoms with E-state index in [1.807, 2.05) is 33.2 Å². The number of amides is 1. The van der Waals surface area contributed by atoms with Crippen molar-refractivity contribution in [3.05, 3.63) is 23.8 Å². The van der Waals surface area contributed by atoms with E-state index in [2.05, 4.69) is 26.2 Å². The fraction of sp³-hybridized carbons (Fsp3) is 0.619. The summed E-state index contributed by atoms with van der Waals surface area (Å²) in [5.74, 6) is 2.24. The van der Waals surface area contributed by atoms with Crippen molar-refractivity contribution in [1.29, 1.82) is 0 Å². The van der Waals surface area contributed by atoms with E-state index < -0.39 is 0 Å². The molecule has 1 aromatic rings. The lowest BCUT2D eigenvalue weighted by Gasteiger charge is -2.36. The van der Waals surface area contributed by atoms with Gasteiger partial charge in [-0.1, -0.05) is 6.07 Å². The van der Waals surface area contributed by atoms with Gasteiger partial charge in [-0.2, -0.15) is 0 Å². The van der Waals surface area contributed by atoms with Crippen LogP contribution in [-0.2, 0) is 4.74 Å². The Morgan fingerprint density at radius 2 is 1.74 bits per heavy atom. The second-order valence-electron chi connectivity index (χ2n) is 7.19. The summed E-state index contributed by atoms with van der Waals surface area (Å²) in [5.41, 5.74) is 1.12. The number of halogens is 1. The van der Waals surface area contributed by atoms with Gasteiger partial charge in [0.05, 0.1) is 26.9 Å². The largest absolute Gasteiger partial charge is 0.493 e. The molecule has 1 unspecified atom stereocenters. The Bertz CT molecular complexity index is 724. The number of rotatable bonds is 7. The average Bonchev–Trinajstić information content (AvgIpc) is 2.76. The van der Waals surface area contributed by atoms with E-state index in [1.165, 1.54) is 0 Å². The van der Waals surface area contributed by atoms with Gasteiger partial charge in [0.1, 0.15) is 0 Å². The molecule has 1 amide bonds. The van der Waals surface area contributed by atoms with Crippen LogP contribution >= 0.6 is 24.0 Å². The van der Waals surface area contributed by atoms with Gasteiger partial charge in [0.25, 0.3) is 0 Å². The molecule has 1 N–H and O–H groups in total. The van der Waals surface area contributed by atoms with Gasteiger partial charge in [-0.05, 0) is 38.7 Å². The minimum atomic E-state index is -0.249. The quantitative estimate of drug-likeness (QED) is 0.318. The molecule has 0 saturated carbocycles. The minimum Gasteiger partial charge on any atom is -0.493 e. The number of nitrogens with one attached hydrogen (secondary N) is 1. The zero-order valence-corrected chi connectivity index (χ0v) is 21.7. The van der Waals surface area contributed by atoms with Crippen LogP contribution in [0.5, 0.6) is 11.5 Å². The number of piperazine rings is 1. The van der Waals surface area contributed by atoms with E-state index in [-0.39, 0.29) is 36.1 Å². The van der Waals surface area contributed by atoms with Crippen molar-refractivity contribution in [3.63, 3.8) is 0 Å². The number of carbonyl (C=O) groups is 1. The number of methoxy groups -OCH3 is 2. The molecule has 0 aromatic heterocycles. The molecule has 1 atom stereocenters. The SMILES string of the molecule is CCOC(=O)N1CCN(C(=NC)NCC(c2ccc(OC)c(OC)c2)N(C)C)CC1.I. The van der Waals surface area contributed by atoms with E-state index in [0.29, 0.717) is 50.8 Å². The number of hydrogen-bond donors (Lipinski definition) is 1. The monoisotopic (exact) mass is 549 g/mol. The molecule has 1 aliphatic heterocycles. The Morgan fingerprint density at radius 1 is 1.13 bits per heavy atom. The molecule has 1 aromatic carbocycles. The summed E-state index contributed by atoms with van der Waals surface area (Å²) in [5, 5.41) is 3.48. The van der Waals surface area contributed by atoms with Crippen LogP contribution in [0.1, 0.15) is 18.5 Å². The van der Waals surface area contributed by atoms with E-state index >= 15 is 0 Å². The number of nitrogens with zero attached hydrogens (tertiary/aromatic N) is 4. The highest BCUT2D eigenvalue weighted by Gasteiger charge is 2.24. The number of aliphatic imine (C=N–C) groups is 1. The second kappa shape index (κ2) is 13.5. The Kier molecular flexibility index (Phi) is 11.8. The van der Waals surface area contributed by atoms with Crippen molar-refractivity contribution in [2.45, 2.75) is 13.0 Å². The molecule has 1 heterocycles. The molecule has 1 fully saturated rings. The van der Waals surface area contributed by atoms with Crippen molar-refractivity contribution in [3.8, 4) is 11.5 Å². The molecular weight excluding hydrogens is 513 g/mol. The van der Waals surface area contributed by atoms with Gasteiger partial charge in [-0.25, -0.2) is 4.79 Å². The Labute approximate surface area is 202 Å². The second-order valence-corrected chi connectivity index (χ2v) is 7.19. The Morgan fingerprint density at radius 3 is 2.26 bits per heavy atom. The van der Waals surface area contributed by atoms with Crippen LogP contribution in [0.3, 0.4) is 0 Å². The number of hydrogen-bond acceptors (Lipinski definition) is 6. The number of ether oxygens (including phenoxy) is 3. The molecule has 1 aliphatic rings. The zero-order valence-electron chi connectivity index (χ0n) is 19.4. The first-order valence-corrected chi connectivity index (χ1v) is 10.2. The van der Waals surface area contributed by atoms with Crippen molar-refractivity contribution in [2.75, 3.05) is 74.7 Å². The average molecular weight is 549 g/mol. The van der Waals surface area contributed by atoms with Crippen molar-refractivity contribution in [2.24, 2.45) is 4.99 Å². The molecule has 2 rings (SSSR count). The fourth-order valence-corrected chi connectivity index (χ4v) is 3.49. The number of benzene rings is 1.